The molecule has 1 rings (SSSR count). The Labute approximate surface area is 86.5 Å². The molecular formula is C10H11BrN2. The summed E-state index contributed by atoms with van der Waals surface area (Å²) in [7, 11) is 0. The fraction of sp³-hybridized carbons (Fsp3) is 0.300. The van der Waals surface area contributed by atoms with Crippen molar-refractivity contribution in [3.8, 4) is 6.07 Å². The molecule has 0 aliphatic carbocycles. The number of hydrogen-bond acceptors (Lipinski definition) is 2. The van der Waals surface area contributed by atoms with Gasteiger partial charge in [0.15, 0.2) is 0 Å². The van der Waals surface area contributed by atoms with E-state index < -0.39 is 0 Å². The Morgan fingerprint density at radius 3 is 2.85 bits per heavy atom. The Balaban J connectivity index is 3.17. The van der Waals surface area contributed by atoms with Gasteiger partial charge in [-0.15, -0.1) is 0 Å². The van der Waals surface area contributed by atoms with E-state index in [2.05, 4.69) is 22.0 Å². The summed E-state index contributed by atoms with van der Waals surface area (Å²) in [5.41, 5.74) is 7.52. The van der Waals surface area contributed by atoms with Gasteiger partial charge in [0, 0.05) is 10.5 Å². The van der Waals surface area contributed by atoms with Crippen LogP contribution >= 0.6 is 15.9 Å². The third kappa shape index (κ3) is 2.09. The zero-order valence-corrected chi connectivity index (χ0v) is 9.01. The van der Waals surface area contributed by atoms with E-state index in [-0.39, 0.29) is 6.04 Å². The Morgan fingerprint density at radius 2 is 2.31 bits per heavy atom. The molecule has 0 aliphatic heterocycles. The van der Waals surface area contributed by atoms with E-state index in [0.717, 1.165) is 16.5 Å². The van der Waals surface area contributed by atoms with Crippen molar-refractivity contribution >= 4 is 15.9 Å². The average Bonchev–Trinajstić information content (AvgIpc) is 2.17. The highest BCUT2D eigenvalue weighted by atomic mass is 79.9. The van der Waals surface area contributed by atoms with E-state index in [4.69, 9.17) is 11.0 Å². The van der Waals surface area contributed by atoms with Gasteiger partial charge in [-0.1, -0.05) is 19.1 Å². The lowest BCUT2D eigenvalue weighted by Gasteiger charge is -2.11. The predicted octanol–water partition coefficient (Wildman–Crippen LogP) is 2.73. The number of nitrogens with zero attached hydrogens (tertiary/aromatic N) is 1. The van der Waals surface area contributed by atoms with Crippen molar-refractivity contribution in [2.24, 2.45) is 5.73 Å². The summed E-state index contributed by atoms with van der Waals surface area (Å²) >= 11 is 3.38. The molecule has 0 aromatic heterocycles. The number of rotatable bonds is 2. The quantitative estimate of drug-likeness (QED) is 0.862. The van der Waals surface area contributed by atoms with Gasteiger partial charge in [0.05, 0.1) is 5.56 Å². The Bertz CT molecular complexity index is 341. The van der Waals surface area contributed by atoms with Crippen LogP contribution in [0.2, 0.25) is 0 Å². The van der Waals surface area contributed by atoms with Gasteiger partial charge in [0.1, 0.15) is 6.07 Å². The van der Waals surface area contributed by atoms with Crippen LogP contribution in [0.5, 0.6) is 0 Å². The summed E-state index contributed by atoms with van der Waals surface area (Å²) in [5.74, 6) is 0. The van der Waals surface area contributed by atoms with Crippen molar-refractivity contribution in [1.29, 1.82) is 5.26 Å². The fourth-order valence-electron chi connectivity index (χ4n) is 1.14. The van der Waals surface area contributed by atoms with Gasteiger partial charge in [-0.2, -0.15) is 5.26 Å². The zero-order valence-electron chi connectivity index (χ0n) is 7.42. The molecular weight excluding hydrogens is 228 g/mol. The van der Waals surface area contributed by atoms with Crippen molar-refractivity contribution in [3.63, 3.8) is 0 Å². The largest absolute Gasteiger partial charge is 0.324 e. The van der Waals surface area contributed by atoms with Crippen LogP contribution < -0.4 is 5.73 Å². The van der Waals surface area contributed by atoms with Crippen molar-refractivity contribution in [2.75, 3.05) is 0 Å². The van der Waals surface area contributed by atoms with Gasteiger partial charge in [-0.3, -0.25) is 0 Å². The molecule has 0 bridgehead atoms. The minimum atomic E-state index is 0.00248. The van der Waals surface area contributed by atoms with Crippen molar-refractivity contribution in [2.45, 2.75) is 19.4 Å². The van der Waals surface area contributed by atoms with Gasteiger partial charge in [0.25, 0.3) is 0 Å². The standard InChI is InChI=1S/C10H11BrN2/c1-2-9(13)8-5-3-4-7(6-12)10(8)11/h3-5,9H,2,13H2,1H3/t9-/m0/s1. The third-order valence-electron chi connectivity index (χ3n) is 1.99. The van der Waals surface area contributed by atoms with Crippen LogP contribution in [0.3, 0.4) is 0 Å². The topological polar surface area (TPSA) is 49.8 Å². The molecule has 0 unspecified atom stereocenters. The maximum Gasteiger partial charge on any atom is 0.100 e. The van der Waals surface area contributed by atoms with Crippen molar-refractivity contribution in [3.05, 3.63) is 33.8 Å². The molecule has 3 heteroatoms. The highest BCUT2D eigenvalue weighted by Crippen LogP contribution is 2.26. The number of hydrogen-bond donors (Lipinski definition) is 1. The van der Waals surface area contributed by atoms with Crippen LogP contribution in [0.25, 0.3) is 0 Å². The summed E-state index contributed by atoms with van der Waals surface area (Å²) in [4.78, 5) is 0. The van der Waals surface area contributed by atoms with E-state index in [1.54, 1.807) is 6.07 Å². The monoisotopic (exact) mass is 238 g/mol. The maximum atomic E-state index is 8.78. The highest BCUT2D eigenvalue weighted by molar-refractivity contribution is 9.10. The lowest BCUT2D eigenvalue weighted by atomic mass is 10.0. The van der Waals surface area contributed by atoms with Gasteiger partial charge >= 0.3 is 0 Å². The molecule has 1 aromatic rings. The fourth-order valence-corrected chi connectivity index (χ4v) is 1.79. The lowest BCUT2D eigenvalue weighted by molar-refractivity contribution is 0.695. The molecule has 0 saturated heterocycles. The molecule has 1 aromatic carbocycles. The molecule has 68 valence electrons. The molecule has 2 N–H and O–H groups in total. The van der Waals surface area contributed by atoms with Crippen LogP contribution in [-0.4, -0.2) is 0 Å². The molecule has 0 heterocycles. The van der Waals surface area contributed by atoms with Crippen LogP contribution in [0.1, 0.15) is 30.5 Å². The Hall–Kier alpha value is -0.850. The number of halogens is 1. The normalized spacial score (nSPS) is 12.2. The first kappa shape index (κ1) is 10.2. The maximum absolute atomic E-state index is 8.78. The first-order chi connectivity index (χ1) is 6.20. The zero-order chi connectivity index (χ0) is 9.84. The molecule has 0 radical (unpaired) electrons. The minimum absolute atomic E-state index is 0.00248. The first-order valence-electron chi connectivity index (χ1n) is 4.14. The second-order valence-corrected chi connectivity index (χ2v) is 3.63. The van der Waals surface area contributed by atoms with Gasteiger partial charge in [-0.05, 0) is 34.0 Å². The lowest BCUT2D eigenvalue weighted by Crippen LogP contribution is -2.09. The highest BCUT2D eigenvalue weighted by Gasteiger charge is 2.10. The first-order valence-corrected chi connectivity index (χ1v) is 4.94. The molecule has 0 aliphatic rings. The third-order valence-corrected chi connectivity index (χ3v) is 2.87. The summed E-state index contributed by atoms with van der Waals surface area (Å²) in [5, 5.41) is 8.78. The second kappa shape index (κ2) is 4.40. The van der Waals surface area contributed by atoms with E-state index in [1.807, 2.05) is 19.1 Å². The van der Waals surface area contributed by atoms with Crippen LogP contribution in [0.4, 0.5) is 0 Å². The van der Waals surface area contributed by atoms with Crippen LogP contribution in [-0.2, 0) is 0 Å². The van der Waals surface area contributed by atoms with E-state index in [1.165, 1.54) is 0 Å². The Morgan fingerprint density at radius 1 is 1.62 bits per heavy atom. The average molecular weight is 239 g/mol. The molecule has 0 fully saturated rings. The van der Waals surface area contributed by atoms with Crippen LogP contribution in [0, 0.1) is 11.3 Å². The number of nitrogens with two attached hydrogens (primary N) is 1. The van der Waals surface area contributed by atoms with Gasteiger partial charge < -0.3 is 5.73 Å². The molecule has 13 heavy (non-hydrogen) atoms. The van der Waals surface area contributed by atoms with Crippen molar-refractivity contribution in [1.82, 2.24) is 0 Å². The van der Waals surface area contributed by atoms with Gasteiger partial charge in [0.2, 0.25) is 0 Å². The Kier molecular flexibility index (Phi) is 3.47. The summed E-state index contributed by atoms with van der Waals surface area (Å²) in [6.45, 7) is 2.02. The van der Waals surface area contributed by atoms with E-state index in [9.17, 15) is 0 Å². The summed E-state index contributed by atoms with van der Waals surface area (Å²) < 4.78 is 0.826. The number of benzene rings is 1. The second-order valence-electron chi connectivity index (χ2n) is 2.84. The van der Waals surface area contributed by atoms with Crippen molar-refractivity contribution < 1.29 is 0 Å². The van der Waals surface area contributed by atoms with Crippen LogP contribution in [0.15, 0.2) is 22.7 Å². The molecule has 1 atom stereocenters. The molecule has 0 spiro atoms. The molecule has 0 amide bonds. The summed E-state index contributed by atoms with van der Waals surface area (Å²) in [6, 6.07) is 7.69. The van der Waals surface area contributed by atoms with Gasteiger partial charge in [-0.25, -0.2) is 0 Å². The smallest absolute Gasteiger partial charge is 0.100 e. The number of nitriles is 1. The van der Waals surface area contributed by atoms with E-state index >= 15 is 0 Å². The molecule has 0 saturated carbocycles. The predicted molar refractivity (Wildman–Crippen MR) is 56.1 cm³/mol. The summed E-state index contributed by atoms with van der Waals surface area (Å²) in [6.07, 6.45) is 0.869. The molecule has 2 nitrogen and oxygen atoms in total. The van der Waals surface area contributed by atoms with E-state index in [0.29, 0.717) is 5.56 Å². The SMILES string of the molecule is CC[C@H](N)c1cccc(C#N)c1Br. The minimum Gasteiger partial charge on any atom is -0.324 e.